The number of hydrogen-bond donors (Lipinski definition) is 1. The van der Waals surface area contributed by atoms with Gasteiger partial charge in [-0.1, -0.05) is 11.6 Å². The van der Waals surface area contributed by atoms with Crippen LogP contribution in [0.25, 0.3) is 0 Å². The Labute approximate surface area is 132 Å². The second-order valence-corrected chi connectivity index (χ2v) is 5.67. The molecule has 0 saturated heterocycles. The fraction of sp³-hybridized carbons (Fsp3) is 0.250. The summed E-state index contributed by atoms with van der Waals surface area (Å²) in [6.45, 7) is 1.85. The normalized spacial score (nSPS) is 15.6. The number of carbonyl (C=O) groups is 1. The number of amides is 1. The maximum atomic E-state index is 14.0. The van der Waals surface area contributed by atoms with E-state index in [9.17, 15) is 14.3 Å². The number of aliphatic hydroxyl groups excluding tert-OH is 1. The number of pyridine rings is 1. The summed E-state index contributed by atoms with van der Waals surface area (Å²) in [5.41, 5.74) is 1.80. The summed E-state index contributed by atoms with van der Waals surface area (Å²) in [6.07, 6.45) is 2.02. The quantitative estimate of drug-likeness (QED) is 0.925. The van der Waals surface area contributed by atoms with Gasteiger partial charge in [0.15, 0.2) is 0 Å². The van der Waals surface area contributed by atoms with Gasteiger partial charge in [-0.15, -0.1) is 0 Å². The van der Waals surface area contributed by atoms with E-state index in [-0.39, 0.29) is 11.5 Å². The highest BCUT2D eigenvalue weighted by Crippen LogP contribution is 2.32. The first-order chi connectivity index (χ1) is 10.5. The number of halogens is 2. The molecule has 1 aromatic carbocycles. The van der Waals surface area contributed by atoms with E-state index < -0.39 is 11.9 Å². The summed E-state index contributed by atoms with van der Waals surface area (Å²) in [4.78, 5) is 17.9. The number of fused-ring (bicyclic) bond motifs is 1. The van der Waals surface area contributed by atoms with Crippen molar-refractivity contribution in [3.05, 3.63) is 58.1 Å². The second kappa shape index (κ2) is 5.66. The number of nitrogens with zero attached hydrogens (tertiary/aromatic N) is 2. The minimum absolute atomic E-state index is 0.0840. The third-order valence-electron chi connectivity index (χ3n) is 3.77. The van der Waals surface area contributed by atoms with Crippen LogP contribution in [0.3, 0.4) is 0 Å². The predicted octanol–water partition coefficient (Wildman–Crippen LogP) is 3.13. The lowest BCUT2D eigenvalue weighted by atomic mass is 9.97. The van der Waals surface area contributed by atoms with Crippen molar-refractivity contribution in [2.24, 2.45) is 0 Å². The van der Waals surface area contributed by atoms with Gasteiger partial charge in [-0.2, -0.15) is 0 Å². The molecule has 1 aliphatic heterocycles. The van der Waals surface area contributed by atoms with E-state index >= 15 is 0 Å². The maximum absolute atomic E-state index is 14.0. The first-order valence-electron chi connectivity index (χ1n) is 6.91. The van der Waals surface area contributed by atoms with E-state index in [1.165, 1.54) is 18.0 Å². The van der Waals surface area contributed by atoms with Crippen LogP contribution >= 0.6 is 11.6 Å². The Kier molecular flexibility index (Phi) is 3.85. The van der Waals surface area contributed by atoms with Crippen LogP contribution in [-0.4, -0.2) is 22.5 Å². The van der Waals surface area contributed by atoms with Crippen molar-refractivity contribution in [3.63, 3.8) is 0 Å². The summed E-state index contributed by atoms with van der Waals surface area (Å²) in [7, 11) is 0. The van der Waals surface area contributed by atoms with Crippen molar-refractivity contribution in [3.8, 4) is 0 Å². The van der Waals surface area contributed by atoms with Crippen LogP contribution in [0.2, 0.25) is 5.02 Å². The lowest BCUT2D eigenvalue weighted by molar-refractivity contribution is 0.0979. The number of carbonyl (C=O) groups excluding carboxylic acids is 1. The predicted molar refractivity (Wildman–Crippen MR) is 81.7 cm³/mol. The Morgan fingerprint density at radius 3 is 2.91 bits per heavy atom. The van der Waals surface area contributed by atoms with Gasteiger partial charge in [0.25, 0.3) is 5.91 Å². The lowest BCUT2D eigenvalue weighted by Gasteiger charge is -2.30. The topological polar surface area (TPSA) is 53.4 Å². The summed E-state index contributed by atoms with van der Waals surface area (Å²) >= 11 is 5.95. The molecule has 1 unspecified atom stereocenters. The standard InChI is InChI=1S/C16H14ClFN2O2/c1-9(21)15-13(18)7-19-8-14(15)20-5-4-10-6-11(17)2-3-12(10)16(20)22/h2-3,6-9,21H,4-5H2,1H3. The molecule has 1 aromatic heterocycles. The van der Waals surface area contributed by atoms with Crippen molar-refractivity contribution < 1.29 is 14.3 Å². The van der Waals surface area contributed by atoms with E-state index in [1.54, 1.807) is 18.2 Å². The van der Waals surface area contributed by atoms with E-state index in [0.29, 0.717) is 29.2 Å². The summed E-state index contributed by atoms with van der Waals surface area (Å²) in [6, 6.07) is 5.09. The molecule has 4 nitrogen and oxygen atoms in total. The largest absolute Gasteiger partial charge is 0.389 e. The van der Waals surface area contributed by atoms with Crippen LogP contribution < -0.4 is 4.90 Å². The Morgan fingerprint density at radius 1 is 1.41 bits per heavy atom. The molecule has 114 valence electrons. The minimum Gasteiger partial charge on any atom is -0.389 e. The smallest absolute Gasteiger partial charge is 0.258 e. The highest BCUT2D eigenvalue weighted by molar-refractivity contribution is 6.30. The fourth-order valence-corrected chi connectivity index (χ4v) is 2.94. The zero-order valence-corrected chi connectivity index (χ0v) is 12.6. The average Bonchev–Trinajstić information content (AvgIpc) is 2.46. The first-order valence-corrected chi connectivity index (χ1v) is 7.28. The van der Waals surface area contributed by atoms with Gasteiger partial charge in [-0.05, 0) is 37.1 Å². The molecule has 6 heteroatoms. The zero-order valence-electron chi connectivity index (χ0n) is 11.9. The summed E-state index contributed by atoms with van der Waals surface area (Å²) in [5, 5.41) is 10.4. The number of anilines is 1. The van der Waals surface area contributed by atoms with Gasteiger partial charge in [-0.3, -0.25) is 9.78 Å². The van der Waals surface area contributed by atoms with Crippen molar-refractivity contribution >= 4 is 23.2 Å². The number of aromatic nitrogens is 1. The molecule has 1 amide bonds. The summed E-state index contributed by atoms with van der Waals surface area (Å²) in [5.74, 6) is -0.866. The fourth-order valence-electron chi connectivity index (χ4n) is 2.75. The van der Waals surface area contributed by atoms with Crippen LogP contribution in [0.4, 0.5) is 10.1 Å². The molecule has 3 rings (SSSR count). The Morgan fingerprint density at radius 2 is 2.18 bits per heavy atom. The molecule has 0 radical (unpaired) electrons. The third-order valence-corrected chi connectivity index (χ3v) is 4.01. The number of aliphatic hydroxyl groups is 1. The van der Waals surface area contributed by atoms with Crippen LogP contribution in [0.5, 0.6) is 0 Å². The highest BCUT2D eigenvalue weighted by Gasteiger charge is 2.29. The molecule has 0 spiro atoms. The molecule has 0 saturated carbocycles. The Hall–Kier alpha value is -1.98. The molecule has 2 heterocycles. The number of rotatable bonds is 2. The molecule has 2 aromatic rings. The van der Waals surface area contributed by atoms with Gasteiger partial charge >= 0.3 is 0 Å². The monoisotopic (exact) mass is 320 g/mol. The number of benzene rings is 1. The Bertz CT molecular complexity index is 749. The molecule has 22 heavy (non-hydrogen) atoms. The molecule has 0 fully saturated rings. The van der Waals surface area contributed by atoms with Crippen molar-refractivity contribution in [2.75, 3.05) is 11.4 Å². The maximum Gasteiger partial charge on any atom is 0.258 e. The molecule has 1 atom stereocenters. The van der Waals surface area contributed by atoms with Crippen LogP contribution in [-0.2, 0) is 6.42 Å². The molecular weight excluding hydrogens is 307 g/mol. The first kappa shape index (κ1) is 14.9. The van der Waals surface area contributed by atoms with Crippen LogP contribution in [0, 0.1) is 5.82 Å². The molecule has 1 aliphatic rings. The highest BCUT2D eigenvalue weighted by atomic mass is 35.5. The van der Waals surface area contributed by atoms with Gasteiger partial charge in [0.1, 0.15) is 5.82 Å². The molecule has 0 bridgehead atoms. The van der Waals surface area contributed by atoms with Gasteiger partial charge in [-0.25, -0.2) is 4.39 Å². The van der Waals surface area contributed by atoms with Gasteiger partial charge < -0.3 is 10.0 Å². The van der Waals surface area contributed by atoms with Crippen LogP contribution in [0.15, 0.2) is 30.6 Å². The average molecular weight is 321 g/mol. The molecule has 0 aliphatic carbocycles. The Balaban J connectivity index is 2.07. The van der Waals surface area contributed by atoms with Gasteiger partial charge in [0, 0.05) is 22.7 Å². The van der Waals surface area contributed by atoms with E-state index in [4.69, 9.17) is 11.6 Å². The SMILES string of the molecule is CC(O)c1c(F)cncc1N1CCc2cc(Cl)ccc2C1=O. The third kappa shape index (κ3) is 2.46. The van der Waals surface area contributed by atoms with Gasteiger partial charge in [0.05, 0.1) is 24.2 Å². The minimum atomic E-state index is -1.03. The second-order valence-electron chi connectivity index (χ2n) is 5.24. The van der Waals surface area contributed by atoms with Crippen molar-refractivity contribution in [2.45, 2.75) is 19.4 Å². The van der Waals surface area contributed by atoms with Crippen molar-refractivity contribution in [1.82, 2.24) is 4.98 Å². The number of hydrogen-bond acceptors (Lipinski definition) is 3. The zero-order chi connectivity index (χ0) is 15.9. The van der Waals surface area contributed by atoms with E-state index in [1.807, 2.05) is 0 Å². The lowest BCUT2D eigenvalue weighted by Crippen LogP contribution is -2.38. The van der Waals surface area contributed by atoms with Gasteiger partial charge in [0.2, 0.25) is 0 Å². The molecular formula is C16H14ClFN2O2. The molecule has 1 N–H and O–H groups in total. The van der Waals surface area contributed by atoms with E-state index in [0.717, 1.165) is 11.8 Å². The van der Waals surface area contributed by atoms with Crippen molar-refractivity contribution in [1.29, 1.82) is 0 Å². The van der Waals surface area contributed by atoms with E-state index in [2.05, 4.69) is 4.98 Å². The summed E-state index contributed by atoms with van der Waals surface area (Å²) < 4.78 is 14.0. The van der Waals surface area contributed by atoms with Crippen LogP contribution in [0.1, 0.15) is 34.5 Å².